The molecule has 4 rings (SSSR count). The summed E-state index contributed by atoms with van der Waals surface area (Å²) in [6.07, 6.45) is 2.23. The van der Waals surface area contributed by atoms with Gasteiger partial charge in [0.25, 0.3) is 0 Å². The summed E-state index contributed by atoms with van der Waals surface area (Å²) in [4.78, 5) is 18.4. The predicted molar refractivity (Wildman–Crippen MR) is 153 cm³/mol. The van der Waals surface area contributed by atoms with Crippen LogP contribution < -0.4 is 4.74 Å². The van der Waals surface area contributed by atoms with Gasteiger partial charge in [0, 0.05) is 51.3 Å². The number of likely N-dealkylation sites (tertiary alicyclic amines) is 1. The predicted octanol–water partition coefficient (Wildman–Crippen LogP) is 5.54. The van der Waals surface area contributed by atoms with Crippen LogP contribution in [-0.4, -0.2) is 50.7 Å². The zero-order valence-electron chi connectivity index (χ0n) is 23.9. The Morgan fingerprint density at radius 3 is 2.34 bits per heavy atom. The first kappa shape index (κ1) is 27.5. The van der Waals surface area contributed by atoms with Crippen LogP contribution in [0.3, 0.4) is 0 Å². The van der Waals surface area contributed by atoms with Gasteiger partial charge < -0.3 is 14.5 Å². The van der Waals surface area contributed by atoms with E-state index in [1.54, 1.807) is 4.68 Å². The number of aromatic nitrogens is 2. The summed E-state index contributed by atoms with van der Waals surface area (Å²) < 4.78 is 7.43. The van der Waals surface area contributed by atoms with Gasteiger partial charge in [-0.2, -0.15) is 5.10 Å². The number of aryl methyl sites for hydroxylation is 4. The van der Waals surface area contributed by atoms with Crippen molar-refractivity contribution < 1.29 is 9.53 Å². The van der Waals surface area contributed by atoms with Crippen LogP contribution in [0.1, 0.15) is 53.8 Å². The lowest BCUT2D eigenvalue weighted by molar-refractivity contribution is -0.150. The molecular weight excluding hydrogens is 472 g/mol. The molecule has 1 aliphatic heterocycles. The number of ether oxygens (including phenoxy) is 1. The van der Waals surface area contributed by atoms with Crippen LogP contribution in [0.15, 0.2) is 60.8 Å². The Balaban J connectivity index is 1.52. The summed E-state index contributed by atoms with van der Waals surface area (Å²) in [5, 5.41) is 4.61. The Morgan fingerprint density at radius 1 is 1.05 bits per heavy atom. The van der Waals surface area contributed by atoms with E-state index in [0.29, 0.717) is 26.1 Å². The van der Waals surface area contributed by atoms with Crippen LogP contribution in [-0.2, 0) is 31.2 Å². The van der Waals surface area contributed by atoms with Gasteiger partial charge >= 0.3 is 0 Å². The van der Waals surface area contributed by atoms with E-state index in [4.69, 9.17) is 4.74 Å². The average molecular weight is 515 g/mol. The molecule has 3 aromatic rings. The Hall–Kier alpha value is -3.54. The number of hydrogen-bond acceptors (Lipinski definition) is 4. The van der Waals surface area contributed by atoms with E-state index in [1.807, 2.05) is 24.9 Å². The minimum atomic E-state index is -0.596. The van der Waals surface area contributed by atoms with Gasteiger partial charge in [0.2, 0.25) is 11.8 Å². The molecule has 1 amide bonds. The van der Waals surface area contributed by atoms with Crippen molar-refractivity contribution >= 4 is 5.91 Å². The molecule has 2 heterocycles. The summed E-state index contributed by atoms with van der Waals surface area (Å²) in [5.41, 5.74) is 7.41. The van der Waals surface area contributed by atoms with Gasteiger partial charge in [0.15, 0.2) is 0 Å². The van der Waals surface area contributed by atoms with E-state index in [0.717, 1.165) is 42.2 Å². The average Bonchev–Trinajstić information content (AvgIpc) is 3.19. The minimum absolute atomic E-state index is 0.145. The number of nitrogens with zero attached hydrogens (tertiary/aromatic N) is 4. The molecule has 38 heavy (non-hydrogen) atoms. The molecule has 0 radical (unpaired) electrons. The van der Waals surface area contributed by atoms with Crippen molar-refractivity contribution in [1.82, 2.24) is 19.6 Å². The highest BCUT2D eigenvalue weighted by atomic mass is 16.5. The molecule has 202 valence electrons. The number of carbonyl (C=O) groups excluding carboxylic acids is 1. The van der Waals surface area contributed by atoms with Crippen LogP contribution in [0.25, 0.3) is 0 Å². The monoisotopic (exact) mass is 514 g/mol. The highest BCUT2D eigenvalue weighted by Crippen LogP contribution is 2.37. The molecule has 2 aromatic carbocycles. The number of allylic oxidation sites excluding steroid dienone is 1. The molecule has 0 aliphatic carbocycles. The smallest absolute Gasteiger partial charge is 0.248 e. The van der Waals surface area contributed by atoms with Crippen LogP contribution in [0.2, 0.25) is 0 Å². The molecule has 1 aliphatic rings. The maximum absolute atomic E-state index is 14.2. The highest BCUT2D eigenvalue weighted by molar-refractivity contribution is 5.87. The Bertz CT molecular complexity index is 1270. The molecular formula is C32H42N4O2. The topological polar surface area (TPSA) is 50.6 Å². The molecule has 6 heteroatoms. The lowest BCUT2D eigenvalue weighted by Crippen LogP contribution is -2.65. The molecule has 1 atom stereocenters. The number of hydrogen-bond donors (Lipinski definition) is 0. The van der Waals surface area contributed by atoms with Crippen molar-refractivity contribution in [3.63, 3.8) is 0 Å². The number of carbonyl (C=O) groups is 1. The van der Waals surface area contributed by atoms with Gasteiger partial charge in [-0.25, -0.2) is 4.68 Å². The molecule has 1 saturated heterocycles. The van der Waals surface area contributed by atoms with Crippen molar-refractivity contribution in [2.75, 3.05) is 19.7 Å². The molecule has 1 unspecified atom stereocenters. The Labute approximate surface area is 227 Å². The fourth-order valence-electron chi connectivity index (χ4n) is 5.46. The molecule has 6 nitrogen and oxygen atoms in total. The van der Waals surface area contributed by atoms with Crippen molar-refractivity contribution in [3.8, 4) is 5.88 Å². The molecule has 1 aromatic heterocycles. The minimum Gasteiger partial charge on any atom is -0.478 e. The van der Waals surface area contributed by atoms with E-state index in [2.05, 4.69) is 86.7 Å². The van der Waals surface area contributed by atoms with E-state index in [9.17, 15) is 4.79 Å². The summed E-state index contributed by atoms with van der Waals surface area (Å²) in [6.45, 7) is 17.4. The van der Waals surface area contributed by atoms with Crippen LogP contribution in [0.4, 0.5) is 0 Å². The first-order valence-corrected chi connectivity index (χ1v) is 13.6. The largest absolute Gasteiger partial charge is 0.478 e. The fourth-order valence-corrected chi connectivity index (χ4v) is 5.46. The molecule has 0 spiro atoms. The fraction of sp³-hybridized carbons (Fsp3) is 0.438. The van der Waals surface area contributed by atoms with Gasteiger partial charge in [-0.3, -0.25) is 4.79 Å². The van der Waals surface area contributed by atoms with E-state index < -0.39 is 5.54 Å². The lowest BCUT2D eigenvalue weighted by Gasteiger charge is -2.53. The lowest BCUT2D eigenvalue weighted by atomic mass is 9.83. The van der Waals surface area contributed by atoms with Gasteiger partial charge in [-0.1, -0.05) is 65.7 Å². The normalized spacial score (nSPS) is 16.7. The highest BCUT2D eigenvalue weighted by Gasteiger charge is 2.49. The third kappa shape index (κ3) is 6.12. The number of amides is 1. The number of benzene rings is 2. The molecule has 1 fully saturated rings. The summed E-state index contributed by atoms with van der Waals surface area (Å²) in [7, 11) is 1.89. The van der Waals surface area contributed by atoms with Gasteiger partial charge in [0.1, 0.15) is 5.54 Å². The Morgan fingerprint density at radius 2 is 1.74 bits per heavy atom. The summed E-state index contributed by atoms with van der Waals surface area (Å²) in [5.74, 6) is 0.894. The van der Waals surface area contributed by atoms with Gasteiger partial charge in [-0.05, 0) is 52.2 Å². The van der Waals surface area contributed by atoms with Crippen molar-refractivity contribution in [2.24, 2.45) is 7.05 Å². The SMILES string of the molecule is C=C(Cc1cc(C)cc(C)c1)N1CCC1(C)C(=O)N(CCc1cc(OCC)n(C)n1)Cc1ccc(C)cc1. The van der Waals surface area contributed by atoms with E-state index in [-0.39, 0.29) is 5.91 Å². The maximum atomic E-state index is 14.2. The van der Waals surface area contributed by atoms with E-state index in [1.165, 1.54) is 22.3 Å². The van der Waals surface area contributed by atoms with Gasteiger partial charge in [0.05, 0.1) is 12.3 Å². The third-order valence-corrected chi connectivity index (χ3v) is 7.55. The second-order valence-electron chi connectivity index (χ2n) is 10.9. The number of rotatable bonds is 11. The zero-order valence-corrected chi connectivity index (χ0v) is 23.9. The zero-order chi connectivity index (χ0) is 27.4. The first-order chi connectivity index (χ1) is 18.1. The van der Waals surface area contributed by atoms with Crippen LogP contribution in [0.5, 0.6) is 5.88 Å². The molecule has 0 saturated carbocycles. The Kier molecular flexibility index (Phi) is 8.29. The summed E-state index contributed by atoms with van der Waals surface area (Å²) >= 11 is 0. The van der Waals surface area contributed by atoms with Gasteiger partial charge in [-0.15, -0.1) is 0 Å². The quantitative estimate of drug-likeness (QED) is 0.337. The first-order valence-electron chi connectivity index (χ1n) is 13.6. The van der Waals surface area contributed by atoms with Crippen molar-refractivity contribution in [3.05, 3.63) is 94.3 Å². The second kappa shape index (κ2) is 11.5. The molecule has 0 N–H and O–H groups in total. The van der Waals surface area contributed by atoms with E-state index >= 15 is 0 Å². The maximum Gasteiger partial charge on any atom is 0.248 e. The summed E-state index contributed by atoms with van der Waals surface area (Å²) in [6, 6.07) is 17.0. The standard InChI is InChI=1S/C32H42N4O2/c1-8-38-30-21-29(33-34(30)7)13-15-35(22-27-11-9-23(2)10-12-27)31(37)32(6)14-16-36(32)26(5)20-28-18-24(3)17-25(4)19-28/h9-12,17-19,21H,5,8,13-16,20,22H2,1-4,6-7H3. The van der Waals surface area contributed by atoms with Crippen molar-refractivity contribution in [2.45, 2.75) is 66.0 Å². The molecule has 0 bridgehead atoms. The van der Waals surface area contributed by atoms with Crippen LogP contribution >= 0.6 is 0 Å². The second-order valence-corrected chi connectivity index (χ2v) is 10.9. The van der Waals surface area contributed by atoms with Crippen molar-refractivity contribution in [1.29, 1.82) is 0 Å². The van der Waals surface area contributed by atoms with Crippen LogP contribution in [0, 0.1) is 20.8 Å². The third-order valence-electron chi connectivity index (χ3n) is 7.55.